The number of aliphatic hydroxyl groups excluding tert-OH is 1. The molecule has 13 heteroatoms. The van der Waals surface area contributed by atoms with Crippen LogP contribution < -0.4 is 10.8 Å². The predicted octanol–water partition coefficient (Wildman–Crippen LogP) is 3.22. The van der Waals surface area contributed by atoms with Gasteiger partial charge in [0.15, 0.2) is 11.6 Å². The molecule has 0 saturated carbocycles. The summed E-state index contributed by atoms with van der Waals surface area (Å²) in [5.41, 5.74) is 0.209. The van der Waals surface area contributed by atoms with Crippen molar-refractivity contribution in [3.05, 3.63) is 61.3 Å². The molecule has 0 bridgehead atoms. The zero-order valence-electron chi connectivity index (χ0n) is 15.7. The number of oxime groups is 1. The molecule has 9 nitrogen and oxygen atoms in total. The fourth-order valence-corrected chi connectivity index (χ4v) is 2.66. The maximum Gasteiger partial charge on any atom is 0.277 e. The molecule has 0 unspecified atom stereocenters. The van der Waals surface area contributed by atoms with Gasteiger partial charge >= 0.3 is 0 Å². The molecule has 166 valence electrons. The summed E-state index contributed by atoms with van der Waals surface area (Å²) in [4.78, 5) is 31.9. The van der Waals surface area contributed by atoms with Crippen LogP contribution in [0.4, 0.5) is 24.5 Å². The number of hydrogen-bond donors (Lipinski definition) is 3. The Morgan fingerprint density at radius 1 is 1.19 bits per heavy atom. The third kappa shape index (κ3) is 6.86. The molecule has 2 aromatic carbocycles. The minimum absolute atomic E-state index is 0.182. The van der Waals surface area contributed by atoms with E-state index in [1.165, 1.54) is 12.1 Å². The number of carbonyl (C=O) groups is 1. The summed E-state index contributed by atoms with van der Waals surface area (Å²) in [6.07, 6.45) is 0.803. The first-order chi connectivity index (χ1) is 14.9. The number of hydrogen-bond acceptors (Lipinski definition) is 8. The standard InChI is InChI=1S/C18H16F3IN4O5/c19-13-8-11(22)1-2-14(13)25-17-12(18(28)26-31-5-3-23-29)7-10(15(20)16(17)21)9-24-30-6-4-27/h1-2,7-9,25,27H,3-6H2,(H,26,28). The average molecular weight is 552 g/mol. The lowest BCUT2D eigenvalue weighted by atomic mass is 10.1. The van der Waals surface area contributed by atoms with Gasteiger partial charge in [0, 0.05) is 9.13 Å². The fraction of sp³-hybridized carbons (Fsp3) is 0.222. The van der Waals surface area contributed by atoms with Crippen LogP contribution >= 0.6 is 22.6 Å². The number of halogens is 4. The van der Waals surface area contributed by atoms with Crippen LogP contribution in [0, 0.1) is 25.9 Å². The highest BCUT2D eigenvalue weighted by Gasteiger charge is 2.23. The molecule has 1 amide bonds. The van der Waals surface area contributed by atoms with E-state index in [0.717, 1.165) is 18.3 Å². The van der Waals surface area contributed by atoms with E-state index in [0.29, 0.717) is 3.57 Å². The third-order valence-corrected chi connectivity index (χ3v) is 4.24. The number of hydroxylamine groups is 1. The summed E-state index contributed by atoms with van der Waals surface area (Å²) in [5, 5.41) is 16.9. The van der Waals surface area contributed by atoms with E-state index in [4.69, 9.17) is 9.94 Å². The maximum absolute atomic E-state index is 14.8. The van der Waals surface area contributed by atoms with E-state index in [1.807, 2.05) is 28.1 Å². The van der Waals surface area contributed by atoms with Gasteiger partial charge in [0.25, 0.3) is 5.91 Å². The van der Waals surface area contributed by atoms with E-state index in [9.17, 15) is 22.9 Å². The van der Waals surface area contributed by atoms with Crippen LogP contribution in [0.3, 0.4) is 0 Å². The van der Waals surface area contributed by atoms with Crippen LogP contribution in [0.2, 0.25) is 0 Å². The quantitative estimate of drug-likeness (QED) is 0.130. The van der Waals surface area contributed by atoms with Gasteiger partial charge in [-0.1, -0.05) is 10.3 Å². The number of nitrogens with zero attached hydrogens (tertiary/aromatic N) is 2. The first-order valence-electron chi connectivity index (χ1n) is 8.60. The van der Waals surface area contributed by atoms with Crippen molar-refractivity contribution in [2.75, 3.05) is 31.7 Å². The molecule has 0 aliphatic carbocycles. The van der Waals surface area contributed by atoms with Crippen molar-refractivity contribution in [3.63, 3.8) is 0 Å². The van der Waals surface area contributed by atoms with Gasteiger partial charge < -0.3 is 15.3 Å². The van der Waals surface area contributed by atoms with Gasteiger partial charge in [-0.15, -0.1) is 0 Å². The van der Waals surface area contributed by atoms with Crippen LogP contribution in [-0.2, 0) is 9.68 Å². The van der Waals surface area contributed by atoms with E-state index >= 15 is 0 Å². The lowest BCUT2D eigenvalue weighted by molar-refractivity contribution is 0.0344. The molecule has 0 saturated heterocycles. The maximum atomic E-state index is 14.8. The van der Waals surface area contributed by atoms with Gasteiger partial charge in [-0.25, -0.2) is 18.7 Å². The second kappa shape index (κ2) is 12.2. The van der Waals surface area contributed by atoms with Crippen LogP contribution in [0.25, 0.3) is 0 Å². The van der Waals surface area contributed by atoms with Crippen LogP contribution in [0.1, 0.15) is 15.9 Å². The number of aliphatic hydroxyl groups is 1. The Hall–Kier alpha value is -2.78. The summed E-state index contributed by atoms with van der Waals surface area (Å²) in [6.45, 7) is -1.04. The SMILES string of the molecule is O=NCCONC(=O)c1cc(C=NOCCO)c(F)c(F)c1Nc1ccc(I)cc1F. The molecule has 0 spiro atoms. The number of nitrogens with one attached hydrogen (secondary N) is 2. The Balaban J connectivity index is 2.44. The normalized spacial score (nSPS) is 10.9. The summed E-state index contributed by atoms with van der Waals surface area (Å²) >= 11 is 1.87. The summed E-state index contributed by atoms with van der Waals surface area (Å²) < 4.78 is 44.1. The predicted molar refractivity (Wildman–Crippen MR) is 113 cm³/mol. The number of amides is 1. The van der Waals surface area contributed by atoms with Gasteiger partial charge in [0.1, 0.15) is 19.0 Å². The van der Waals surface area contributed by atoms with Gasteiger partial charge in [0.05, 0.1) is 36.4 Å². The largest absolute Gasteiger partial charge is 0.393 e. The van der Waals surface area contributed by atoms with Crippen molar-refractivity contribution in [1.29, 1.82) is 0 Å². The Morgan fingerprint density at radius 3 is 2.65 bits per heavy atom. The second-order valence-electron chi connectivity index (χ2n) is 5.69. The highest BCUT2D eigenvalue weighted by atomic mass is 127. The van der Waals surface area contributed by atoms with Crippen molar-refractivity contribution in [2.24, 2.45) is 10.3 Å². The molecule has 2 aromatic rings. The fourth-order valence-electron chi connectivity index (χ4n) is 2.21. The Bertz CT molecular complexity index is 978. The van der Waals surface area contributed by atoms with E-state index < -0.39 is 40.2 Å². The molecule has 0 aliphatic heterocycles. The van der Waals surface area contributed by atoms with Gasteiger partial charge in [0.2, 0.25) is 0 Å². The number of anilines is 2. The minimum Gasteiger partial charge on any atom is -0.393 e. The zero-order valence-corrected chi connectivity index (χ0v) is 17.9. The summed E-state index contributed by atoms with van der Waals surface area (Å²) in [5.74, 6) is -4.63. The number of rotatable bonds is 11. The van der Waals surface area contributed by atoms with Gasteiger partial charge in [-0.3, -0.25) is 9.63 Å². The van der Waals surface area contributed by atoms with E-state index in [2.05, 4.69) is 20.5 Å². The molecule has 0 aliphatic rings. The molecular weight excluding hydrogens is 536 g/mol. The Labute approximate surface area is 187 Å². The highest BCUT2D eigenvalue weighted by molar-refractivity contribution is 14.1. The molecule has 0 fully saturated rings. The smallest absolute Gasteiger partial charge is 0.277 e. The van der Waals surface area contributed by atoms with Crippen LogP contribution in [-0.4, -0.2) is 43.6 Å². The van der Waals surface area contributed by atoms with Crippen molar-refractivity contribution >= 4 is 46.1 Å². The molecule has 3 N–H and O–H groups in total. The molecule has 0 radical (unpaired) electrons. The van der Waals surface area contributed by atoms with Crippen LogP contribution in [0.15, 0.2) is 34.6 Å². The highest BCUT2D eigenvalue weighted by Crippen LogP contribution is 2.30. The lowest BCUT2D eigenvalue weighted by Gasteiger charge is -2.15. The molecule has 2 rings (SSSR count). The molecule has 0 atom stereocenters. The zero-order chi connectivity index (χ0) is 22.8. The van der Waals surface area contributed by atoms with Crippen molar-refractivity contribution in [2.45, 2.75) is 0 Å². The summed E-state index contributed by atoms with van der Waals surface area (Å²) in [6, 6.07) is 4.91. The topological polar surface area (TPSA) is 122 Å². The van der Waals surface area contributed by atoms with Gasteiger partial charge in [-0.2, -0.15) is 4.91 Å². The number of benzene rings is 2. The van der Waals surface area contributed by atoms with Crippen molar-refractivity contribution < 1.29 is 32.7 Å². The first-order valence-corrected chi connectivity index (χ1v) is 9.68. The van der Waals surface area contributed by atoms with Crippen molar-refractivity contribution in [3.8, 4) is 0 Å². The Morgan fingerprint density at radius 2 is 1.97 bits per heavy atom. The van der Waals surface area contributed by atoms with Gasteiger partial charge in [-0.05, 0) is 46.9 Å². The lowest BCUT2D eigenvalue weighted by Crippen LogP contribution is -2.26. The van der Waals surface area contributed by atoms with E-state index in [1.54, 1.807) is 0 Å². The molecule has 0 aromatic heterocycles. The average Bonchev–Trinajstić information content (AvgIpc) is 2.74. The number of nitroso groups, excluding NO2 is 1. The molecule has 31 heavy (non-hydrogen) atoms. The Kier molecular flexibility index (Phi) is 9.61. The minimum atomic E-state index is -1.48. The number of carbonyl (C=O) groups excluding carboxylic acids is 1. The second-order valence-corrected chi connectivity index (χ2v) is 6.93. The third-order valence-electron chi connectivity index (χ3n) is 3.57. The molecular formula is C18H16F3IN4O5. The van der Waals surface area contributed by atoms with Crippen LogP contribution in [0.5, 0.6) is 0 Å². The first kappa shape index (κ1) is 24.5. The van der Waals surface area contributed by atoms with E-state index in [-0.39, 0.29) is 32.1 Å². The monoisotopic (exact) mass is 552 g/mol. The molecule has 0 heterocycles. The van der Waals surface area contributed by atoms with Crippen molar-refractivity contribution in [1.82, 2.24) is 5.48 Å². The summed E-state index contributed by atoms with van der Waals surface area (Å²) in [7, 11) is 0.